The summed E-state index contributed by atoms with van der Waals surface area (Å²) in [7, 11) is 0. The van der Waals surface area contributed by atoms with E-state index in [0.29, 0.717) is 31.2 Å². The van der Waals surface area contributed by atoms with Gasteiger partial charge in [-0.1, -0.05) is 35.9 Å². The minimum absolute atomic E-state index is 0.0248. The Morgan fingerprint density at radius 2 is 1.67 bits per heavy atom. The molecule has 0 saturated carbocycles. The van der Waals surface area contributed by atoms with Gasteiger partial charge in [-0.15, -0.1) is 0 Å². The van der Waals surface area contributed by atoms with Gasteiger partial charge >= 0.3 is 0 Å². The van der Waals surface area contributed by atoms with Crippen molar-refractivity contribution in [3.63, 3.8) is 0 Å². The summed E-state index contributed by atoms with van der Waals surface area (Å²) in [5.74, 6) is -0.275. The summed E-state index contributed by atoms with van der Waals surface area (Å²) in [5, 5.41) is 6.45. The maximum atomic E-state index is 12.9. The number of carbonyl (C=O) groups is 3. The maximum absolute atomic E-state index is 12.9. The number of anilines is 1. The summed E-state index contributed by atoms with van der Waals surface area (Å²) in [5.41, 5.74) is 3.87. The van der Waals surface area contributed by atoms with E-state index in [-0.39, 0.29) is 30.7 Å². The number of amides is 3. The van der Waals surface area contributed by atoms with Crippen molar-refractivity contribution in [1.29, 1.82) is 0 Å². The number of hydrogen-bond acceptors (Lipinski definition) is 4. The Bertz CT molecular complexity index is 1000. The first kappa shape index (κ1) is 24.7. The lowest BCUT2D eigenvalue weighted by molar-refractivity contribution is -0.133. The highest BCUT2D eigenvalue weighted by Crippen LogP contribution is 2.21. The molecule has 3 amide bonds. The highest BCUT2D eigenvalue weighted by atomic mass is 35.5. The van der Waals surface area contributed by atoms with Gasteiger partial charge < -0.3 is 15.5 Å². The third-order valence-electron chi connectivity index (χ3n) is 6.00. The van der Waals surface area contributed by atoms with Gasteiger partial charge in [-0.2, -0.15) is 0 Å². The third kappa shape index (κ3) is 7.04. The van der Waals surface area contributed by atoms with Gasteiger partial charge in [0.25, 0.3) is 0 Å². The molecule has 2 N–H and O–H groups in total. The van der Waals surface area contributed by atoms with Crippen LogP contribution in [-0.4, -0.2) is 60.2 Å². The van der Waals surface area contributed by atoms with E-state index in [4.69, 9.17) is 11.6 Å². The standard InChI is InChI=1S/C25H31ClN4O3/c1-17-5-4-6-22(18(17)2)28-24(32)16-29-11-13-30(14-12-29)25(33)15-23(27-19(3)31)20-7-9-21(26)10-8-20/h4-10,23H,11-16H2,1-3H3,(H,27,31)(H,28,32)/t23-/m1/s1. The molecule has 2 aromatic rings. The molecule has 1 saturated heterocycles. The lowest BCUT2D eigenvalue weighted by Crippen LogP contribution is -2.51. The van der Waals surface area contributed by atoms with Crippen LogP contribution in [0.15, 0.2) is 42.5 Å². The van der Waals surface area contributed by atoms with Crippen molar-refractivity contribution in [2.24, 2.45) is 0 Å². The van der Waals surface area contributed by atoms with Gasteiger partial charge in [0, 0.05) is 43.8 Å². The molecule has 0 unspecified atom stereocenters. The first-order chi connectivity index (χ1) is 15.7. The highest BCUT2D eigenvalue weighted by Gasteiger charge is 2.25. The quantitative estimate of drug-likeness (QED) is 0.650. The maximum Gasteiger partial charge on any atom is 0.238 e. The number of aryl methyl sites for hydroxylation is 1. The largest absolute Gasteiger partial charge is 0.349 e. The van der Waals surface area contributed by atoms with Crippen LogP contribution in [0.1, 0.15) is 36.1 Å². The summed E-state index contributed by atoms with van der Waals surface area (Å²) < 4.78 is 0. The molecule has 176 valence electrons. The Morgan fingerprint density at radius 3 is 2.30 bits per heavy atom. The van der Waals surface area contributed by atoms with E-state index in [1.807, 2.05) is 44.2 Å². The highest BCUT2D eigenvalue weighted by molar-refractivity contribution is 6.30. The zero-order valence-corrected chi connectivity index (χ0v) is 20.1. The second-order valence-corrected chi connectivity index (χ2v) is 8.90. The molecule has 33 heavy (non-hydrogen) atoms. The van der Waals surface area contributed by atoms with E-state index in [1.165, 1.54) is 6.92 Å². The number of carbonyl (C=O) groups excluding carboxylic acids is 3. The Kier molecular flexibility index (Phi) is 8.47. The Labute approximate surface area is 200 Å². The van der Waals surface area contributed by atoms with E-state index >= 15 is 0 Å². The van der Waals surface area contributed by atoms with Crippen molar-refractivity contribution < 1.29 is 14.4 Å². The van der Waals surface area contributed by atoms with Crippen molar-refractivity contribution in [2.45, 2.75) is 33.2 Å². The molecular formula is C25H31ClN4O3. The van der Waals surface area contributed by atoms with Crippen molar-refractivity contribution in [3.05, 3.63) is 64.2 Å². The van der Waals surface area contributed by atoms with Crippen molar-refractivity contribution in [1.82, 2.24) is 15.1 Å². The van der Waals surface area contributed by atoms with Gasteiger partial charge in [-0.05, 0) is 48.7 Å². The molecule has 8 heteroatoms. The van der Waals surface area contributed by atoms with Gasteiger partial charge in [0.15, 0.2) is 0 Å². The van der Waals surface area contributed by atoms with E-state index in [1.54, 1.807) is 17.0 Å². The SMILES string of the molecule is CC(=O)N[C@H](CC(=O)N1CCN(CC(=O)Nc2cccc(C)c2C)CC1)c1ccc(Cl)cc1. The molecule has 1 heterocycles. The van der Waals surface area contributed by atoms with Crippen LogP contribution in [0.2, 0.25) is 5.02 Å². The average molecular weight is 471 g/mol. The number of hydrogen-bond donors (Lipinski definition) is 2. The number of rotatable bonds is 7. The van der Waals surface area contributed by atoms with Crippen molar-refractivity contribution in [2.75, 3.05) is 38.0 Å². The summed E-state index contributed by atoms with van der Waals surface area (Å²) in [6, 6.07) is 12.6. The zero-order valence-electron chi connectivity index (χ0n) is 19.4. The van der Waals surface area contributed by atoms with Crippen LogP contribution < -0.4 is 10.6 Å². The van der Waals surface area contributed by atoms with Gasteiger partial charge in [-0.25, -0.2) is 0 Å². The van der Waals surface area contributed by atoms with E-state index < -0.39 is 6.04 Å². The van der Waals surface area contributed by atoms with E-state index in [9.17, 15) is 14.4 Å². The van der Waals surface area contributed by atoms with E-state index in [2.05, 4.69) is 15.5 Å². The van der Waals surface area contributed by atoms with Crippen LogP contribution in [0.3, 0.4) is 0 Å². The summed E-state index contributed by atoms with van der Waals surface area (Å²) >= 11 is 5.96. The summed E-state index contributed by atoms with van der Waals surface area (Å²) in [4.78, 5) is 40.9. The zero-order chi connectivity index (χ0) is 24.0. The molecular weight excluding hydrogens is 440 g/mol. The van der Waals surface area contributed by atoms with Crippen LogP contribution in [0.5, 0.6) is 0 Å². The van der Waals surface area contributed by atoms with Crippen molar-refractivity contribution >= 4 is 35.0 Å². The lowest BCUT2D eigenvalue weighted by atomic mass is 10.0. The number of benzene rings is 2. The third-order valence-corrected chi connectivity index (χ3v) is 6.25. The number of nitrogens with one attached hydrogen (secondary N) is 2. The molecule has 0 aromatic heterocycles. The van der Waals surface area contributed by atoms with Crippen LogP contribution in [0, 0.1) is 13.8 Å². The molecule has 0 bridgehead atoms. The number of nitrogens with zero attached hydrogens (tertiary/aromatic N) is 2. The fourth-order valence-corrected chi connectivity index (χ4v) is 4.06. The lowest BCUT2D eigenvalue weighted by Gasteiger charge is -2.35. The second-order valence-electron chi connectivity index (χ2n) is 8.46. The molecule has 0 radical (unpaired) electrons. The number of piperazine rings is 1. The van der Waals surface area contributed by atoms with Crippen LogP contribution in [0.25, 0.3) is 0 Å². The molecule has 1 aliphatic heterocycles. The Balaban J connectivity index is 1.51. The molecule has 7 nitrogen and oxygen atoms in total. The molecule has 1 fully saturated rings. The average Bonchev–Trinajstić information content (AvgIpc) is 2.77. The molecule has 0 aliphatic carbocycles. The molecule has 1 atom stereocenters. The minimum Gasteiger partial charge on any atom is -0.349 e. The molecule has 3 rings (SSSR count). The monoisotopic (exact) mass is 470 g/mol. The van der Waals surface area contributed by atoms with Crippen molar-refractivity contribution in [3.8, 4) is 0 Å². The predicted octanol–water partition coefficient (Wildman–Crippen LogP) is 3.31. The van der Waals surface area contributed by atoms with Gasteiger partial charge in [0.05, 0.1) is 19.0 Å². The van der Waals surface area contributed by atoms with Crippen LogP contribution >= 0.6 is 11.6 Å². The topological polar surface area (TPSA) is 81.8 Å². The fourth-order valence-electron chi connectivity index (χ4n) is 3.93. The van der Waals surface area contributed by atoms with E-state index in [0.717, 1.165) is 22.4 Å². The first-order valence-corrected chi connectivity index (χ1v) is 11.5. The van der Waals surface area contributed by atoms with Crippen LogP contribution in [-0.2, 0) is 14.4 Å². The fraction of sp³-hybridized carbons (Fsp3) is 0.400. The summed E-state index contributed by atoms with van der Waals surface area (Å²) in [6.07, 6.45) is 0.175. The second kappa shape index (κ2) is 11.3. The van der Waals surface area contributed by atoms with Gasteiger partial charge in [0.2, 0.25) is 17.7 Å². The molecule has 0 spiro atoms. The minimum atomic E-state index is -0.409. The van der Waals surface area contributed by atoms with Gasteiger partial charge in [-0.3, -0.25) is 19.3 Å². The normalized spacial score (nSPS) is 15.1. The first-order valence-electron chi connectivity index (χ1n) is 11.1. The smallest absolute Gasteiger partial charge is 0.238 e. The molecule has 2 aromatic carbocycles. The number of halogens is 1. The Morgan fingerprint density at radius 1 is 1.00 bits per heavy atom. The Hall–Kier alpha value is -2.90. The van der Waals surface area contributed by atoms with Gasteiger partial charge in [0.1, 0.15) is 0 Å². The predicted molar refractivity (Wildman–Crippen MR) is 130 cm³/mol. The molecule has 1 aliphatic rings. The van der Waals surface area contributed by atoms with Crippen LogP contribution in [0.4, 0.5) is 5.69 Å². The summed E-state index contributed by atoms with van der Waals surface area (Å²) in [6.45, 7) is 8.07.